The highest BCUT2D eigenvalue weighted by atomic mass is 16.5. The minimum atomic E-state index is -0.661. The number of aromatic nitrogens is 4. The average molecular weight is 741 g/mol. The van der Waals surface area contributed by atoms with Crippen LogP contribution in [0.25, 0.3) is 77.5 Å². The van der Waals surface area contributed by atoms with Gasteiger partial charge in [0.15, 0.2) is 0 Å². The van der Waals surface area contributed by atoms with Crippen LogP contribution in [-0.2, 0) is 5.41 Å². The maximum absolute atomic E-state index is 6.77. The topological polar surface area (TPSA) is 44.9 Å². The van der Waals surface area contributed by atoms with Crippen LogP contribution in [-0.4, -0.2) is 19.1 Å². The molecule has 2 aliphatic rings. The van der Waals surface area contributed by atoms with E-state index < -0.39 is 5.41 Å². The molecule has 0 fully saturated rings. The Morgan fingerprint density at radius 2 is 0.810 bits per heavy atom. The molecule has 0 saturated heterocycles. The zero-order valence-corrected chi connectivity index (χ0v) is 31.2. The third-order valence-electron chi connectivity index (χ3n) is 12.5. The Hall–Kier alpha value is -7.76. The molecule has 0 saturated carbocycles. The normalized spacial score (nSPS) is 13.4. The molecule has 0 N–H and O–H groups in total. The fraction of sp³-hybridized carbons (Fsp3) is 0.0189. The molecule has 270 valence electrons. The van der Waals surface area contributed by atoms with Gasteiger partial charge in [-0.3, -0.25) is 9.97 Å². The molecule has 5 heterocycles. The average Bonchev–Trinajstić information content (AvgIpc) is 3.91. The van der Waals surface area contributed by atoms with Gasteiger partial charge >= 0.3 is 0 Å². The third kappa shape index (κ3) is 4.04. The Bertz CT molecular complexity index is 3370. The van der Waals surface area contributed by atoms with Crippen molar-refractivity contribution in [1.82, 2.24) is 19.1 Å². The predicted molar refractivity (Wildman–Crippen MR) is 234 cm³/mol. The summed E-state index contributed by atoms with van der Waals surface area (Å²) in [6, 6.07) is 65.6. The van der Waals surface area contributed by atoms with E-state index in [9.17, 15) is 0 Å². The molecule has 7 aromatic carbocycles. The van der Waals surface area contributed by atoms with E-state index in [2.05, 4.69) is 173 Å². The highest BCUT2D eigenvalue weighted by Gasteiger charge is 2.52. The van der Waals surface area contributed by atoms with Crippen LogP contribution in [0.3, 0.4) is 0 Å². The van der Waals surface area contributed by atoms with Gasteiger partial charge in [-0.1, -0.05) is 115 Å². The molecule has 5 nitrogen and oxygen atoms in total. The molecule has 5 heteroatoms. The second kappa shape index (κ2) is 11.6. The number of hydrogen-bond donors (Lipinski definition) is 0. The molecule has 0 bridgehead atoms. The SMILES string of the molecule is c1ccc2c(c1)Oc1ccc(-c3ccc(-n4c5ccccc5c5ccccc54)c(-n4c5ccccc5c5ccccc54)c3)cc1C21c2cccnc2-c2ncccc21. The van der Waals surface area contributed by atoms with Crippen LogP contribution >= 0.6 is 0 Å². The third-order valence-corrected chi connectivity index (χ3v) is 12.5. The van der Waals surface area contributed by atoms with Gasteiger partial charge in [0.1, 0.15) is 11.5 Å². The van der Waals surface area contributed by atoms with E-state index in [1.807, 2.05) is 30.6 Å². The minimum absolute atomic E-state index is 0.661. The van der Waals surface area contributed by atoms with Gasteiger partial charge in [0.2, 0.25) is 0 Å². The van der Waals surface area contributed by atoms with Crippen LogP contribution < -0.4 is 4.74 Å². The van der Waals surface area contributed by atoms with Crippen molar-refractivity contribution in [2.45, 2.75) is 5.41 Å². The molecule has 1 aliphatic carbocycles. The molecule has 0 unspecified atom stereocenters. The van der Waals surface area contributed by atoms with Gasteiger partial charge in [-0.15, -0.1) is 0 Å². The van der Waals surface area contributed by atoms with Gasteiger partial charge in [0.25, 0.3) is 0 Å². The van der Waals surface area contributed by atoms with Crippen LogP contribution in [0.15, 0.2) is 194 Å². The first-order chi connectivity index (χ1) is 28.8. The Morgan fingerprint density at radius 1 is 0.362 bits per heavy atom. The first kappa shape index (κ1) is 31.4. The lowest BCUT2D eigenvalue weighted by atomic mass is 9.66. The van der Waals surface area contributed by atoms with Crippen LogP contribution in [0.5, 0.6) is 11.5 Å². The van der Waals surface area contributed by atoms with E-state index in [1.165, 1.54) is 32.6 Å². The maximum Gasteiger partial charge on any atom is 0.132 e. The zero-order valence-electron chi connectivity index (χ0n) is 31.2. The van der Waals surface area contributed by atoms with E-state index >= 15 is 0 Å². The fourth-order valence-electron chi connectivity index (χ4n) is 10.2. The smallest absolute Gasteiger partial charge is 0.132 e. The molecule has 0 amide bonds. The molecular formula is C53H32N4O. The van der Waals surface area contributed by atoms with Gasteiger partial charge in [-0.25, -0.2) is 0 Å². The zero-order chi connectivity index (χ0) is 38.0. The molecular weight excluding hydrogens is 709 g/mol. The van der Waals surface area contributed by atoms with Crippen molar-refractivity contribution in [2.24, 2.45) is 0 Å². The highest BCUT2D eigenvalue weighted by Crippen LogP contribution is 2.61. The molecule has 0 atom stereocenters. The first-order valence-electron chi connectivity index (χ1n) is 19.7. The molecule has 13 rings (SSSR count). The van der Waals surface area contributed by atoms with Crippen molar-refractivity contribution in [1.29, 1.82) is 0 Å². The summed E-state index contributed by atoms with van der Waals surface area (Å²) >= 11 is 0. The Labute approximate surface area is 333 Å². The number of ether oxygens (including phenoxy) is 1. The van der Waals surface area contributed by atoms with Crippen LogP contribution in [0.1, 0.15) is 22.3 Å². The van der Waals surface area contributed by atoms with Crippen LogP contribution in [0, 0.1) is 0 Å². The van der Waals surface area contributed by atoms with Gasteiger partial charge in [0, 0.05) is 45.1 Å². The van der Waals surface area contributed by atoms with Crippen molar-refractivity contribution in [2.75, 3.05) is 0 Å². The van der Waals surface area contributed by atoms with Gasteiger partial charge in [-0.2, -0.15) is 0 Å². The summed E-state index contributed by atoms with van der Waals surface area (Å²) in [6.45, 7) is 0. The summed E-state index contributed by atoms with van der Waals surface area (Å²) in [5.74, 6) is 1.68. The number of pyridine rings is 2. The number of para-hydroxylation sites is 5. The minimum Gasteiger partial charge on any atom is -0.457 e. The lowest BCUT2D eigenvalue weighted by Crippen LogP contribution is -2.32. The van der Waals surface area contributed by atoms with Crippen LogP contribution in [0.2, 0.25) is 0 Å². The van der Waals surface area contributed by atoms with Crippen molar-refractivity contribution in [3.8, 4) is 45.4 Å². The highest BCUT2D eigenvalue weighted by molar-refractivity contribution is 6.11. The largest absolute Gasteiger partial charge is 0.457 e. The fourth-order valence-corrected chi connectivity index (χ4v) is 10.2. The molecule has 58 heavy (non-hydrogen) atoms. The van der Waals surface area contributed by atoms with E-state index in [-0.39, 0.29) is 0 Å². The van der Waals surface area contributed by atoms with E-state index in [0.717, 1.165) is 78.7 Å². The number of fused-ring (bicyclic) bond motifs is 15. The van der Waals surface area contributed by atoms with Gasteiger partial charge in [0.05, 0.1) is 50.2 Å². The number of hydrogen-bond acceptors (Lipinski definition) is 3. The quantitative estimate of drug-likeness (QED) is 0.181. The number of benzene rings is 7. The lowest BCUT2D eigenvalue weighted by Gasteiger charge is -2.39. The first-order valence-corrected chi connectivity index (χ1v) is 19.7. The monoisotopic (exact) mass is 740 g/mol. The second-order valence-electron chi connectivity index (χ2n) is 15.3. The standard InChI is InChI=1S/C53H32N4O/c1-6-20-43-35(13-1)36-14-2-7-21-44(36)56(43)47-27-25-34(32-48(47)57-45-22-8-3-15-37(45)38-16-4-9-23-46(38)57)33-26-28-50-42(31-33)53(39-17-5-10-24-49(39)58-50)40-18-11-29-54-51(40)52-41(53)19-12-30-55-52/h1-32H. The van der Waals surface area contributed by atoms with Gasteiger partial charge < -0.3 is 13.9 Å². The lowest BCUT2D eigenvalue weighted by molar-refractivity contribution is 0.436. The maximum atomic E-state index is 6.77. The van der Waals surface area contributed by atoms with E-state index in [4.69, 9.17) is 14.7 Å². The van der Waals surface area contributed by atoms with Crippen molar-refractivity contribution in [3.63, 3.8) is 0 Å². The molecule has 1 spiro atoms. The summed E-state index contributed by atoms with van der Waals surface area (Å²) in [7, 11) is 0. The molecule has 0 radical (unpaired) electrons. The van der Waals surface area contributed by atoms with E-state index in [1.54, 1.807) is 0 Å². The van der Waals surface area contributed by atoms with Gasteiger partial charge in [-0.05, 0) is 89.0 Å². The summed E-state index contributed by atoms with van der Waals surface area (Å²) < 4.78 is 11.7. The molecule has 4 aromatic heterocycles. The van der Waals surface area contributed by atoms with Crippen molar-refractivity contribution in [3.05, 3.63) is 217 Å². The van der Waals surface area contributed by atoms with Crippen molar-refractivity contribution < 1.29 is 4.74 Å². The second-order valence-corrected chi connectivity index (χ2v) is 15.3. The Kier molecular flexibility index (Phi) is 6.31. The number of rotatable bonds is 3. The Balaban J connectivity index is 1.11. The summed E-state index contributed by atoms with van der Waals surface area (Å²) in [5, 5.41) is 4.92. The van der Waals surface area contributed by atoms with E-state index in [0.29, 0.717) is 0 Å². The molecule has 1 aliphatic heterocycles. The molecule has 11 aromatic rings. The Morgan fingerprint density at radius 3 is 1.40 bits per heavy atom. The number of nitrogens with zero attached hydrogens (tertiary/aromatic N) is 4. The van der Waals surface area contributed by atoms with Crippen LogP contribution in [0.4, 0.5) is 0 Å². The summed E-state index contributed by atoms with van der Waals surface area (Å²) in [6.07, 6.45) is 3.74. The summed E-state index contributed by atoms with van der Waals surface area (Å²) in [4.78, 5) is 9.87. The predicted octanol–water partition coefficient (Wildman–Crippen LogP) is 12.8. The van der Waals surface area contributed by atoms with Crippen molar-refractivity contribution >= 4 is 43.6 Å². The summed E-state index contributed by atoms with van der Waals surface area (Å²) in [5.41, 5.74) is 14.6.